The summed E-state index contributed by atoms with van der Waals surface area (Å²) in [6, 6.07) is 3.69. The van der Waals surface area contributed by atoms with E-state index in [0.29, 0.717) is 24.9 Å². The first-order valence-corrected chi connectivity index (χ1v) is 11.6. The normalized spacial score (nSPS) is 18.5. The van der Waals surface area contributed by atoms with Gasteiger partial charge in [-0.2, -0.15) is 17.5 Å². The number of aryl methyl sites for hydroxylation is 1. The zero-order valence-electron chi connectivity index (χ0n) is 16.7. The van der Waals surface area contributed by atoms with Crippen LogP contribution in [0.15, 0.2) is 34.0 Å². The van der Waals surface area contributed by atoms with E-state index in [9.17, 15) is 26.4 Å². The Morgan fingerprint density at radius 1 is 1.13 bits per heavy atom. The zero-order valence-corrected chi connectivity index (χ0v) is 17.5. The number of piperidine rings is 1. The van der Waals surface area contributed by atoms with E-state index < -0.39 is 21.8 Å². The van der Waals surface area contributed by atoms with Crippen molar-refractivity contribution in [3.05, 3.63) is 51.4 Å². The average Bonchev–Trinajstić information content (AvgIpc) is 2.74. The minimum atomic E-state index is -4.61. The minimum absolute atomic E-state index is 0.0993. The van der Waals surface area contributed by atoms with Crippen LogP contribution in [0.3, 0.4) is 0 Å². The van der Waals surface area contributed by atoms with E-state index >= 15 is 0 Å². The van der Waals surface area contributed by atoms with Gasteiger partial charge in [-0.1, -0.05) is 6.07 Å². The first kappa shape index (κ1) is 21.8. The van der Waals surface area contributed by atoms with Crippen LogP contribution in [0.25, 0.3) is 0 Å². The molecule has 2 aromatic rings. The van der Waals surface area contributed by atoms with Crippen LogP contribution in [-0.2, 0) is 29.0 Å². The Kier molecular flexibility index (Phi) is 5.82. The van der Waals surface area contributed by atoms with Gasteiger partial charge in [0.2, 0.25) is 16.0 Å². The van der Waals surface area contributed by atoms with Crippen LogP contribution in [0.5, 0.6) is 0 Å². The van der Waals surface area contributed by atoms with Crippen LogP contribution in [0.1, 0.15) is 42.5 Å². The quantitative estimate of drug-likeness (QED) is 0.738. The molecule has 2 aliphatic rings. The second kappa shape index (κ2) is 8.27. The summed E-state index contributed by atoms with van der Waals surface area (Å²) in [6.07, 6.45) is -0.261. The van der Waals surface area contributed by atoms with Crippen molar-refractivity contribution < 1.29 is 21.6 Å². The standard InChI is InChI=1S/C20H23F3N4O3S/c21-20(22,23)13-4-3-5-15(12-13)31(29,30)27-10-8-14(9-11-27)24-19-25-17-7-2-1-6-16(17)18(28)26-19/h3-5,12,14H,1-2,6-11H2,(H2,24,25,26,28). The minimum Gasteiger partial charge on any atom is -0.353 e. The van der Waals surface area contributed by atoms with Crippen LogP contribution >= 0.6 is 0 Å². The van der Waals surface area contributed by atoms with Gasteiger partial charge in [0.1, 0.15) is 0 Å². The van der Waals surface area contributed by atoms with Gasteiger partial charge in [-0.15, -0.1) is 0 Å². The van der Waals surface area contributed by atoms with Crippen molar-refractivity contribution in [1.29, 1.82) is 0 Å². The van der Waals surface area contributed by atoms with Gasteiger partial charge in [0.25, 0.3) is 5.56 Å². The van der Waals surface area contributed by atoms with E-state index in [1.807, 2.05) is 0 Å². The molecule has 168 valence electrons. The predicted octanol–water partition coefficient (Wildman–Crippen LogP) is 2.93. The zero-order chi connectivity index (χ0) is 22.2. The second-order valence-electron chi connectivity index (χ2n) is 7.90. The molecule has 0 saturated carbocycles. The van der Waals surface area contributed by atoms with Crippen LogP contribution in [0, 0.1) is 0 Å². The summed E-state index contributed by atoms with van der Waals surface area (Å²) in [6.45, 7) is 0.316. The van der Waals surface area contributed by atoms with Gasteiger partial charge < -0.3 is 5.32 Å². The number of halogens is 3. The topological polar surface area (TPSA) is 95.2 Å². The van der Waals surface area contributed by atoms with E-state index in [4.69, 9.17) is 0 Å². The molecule has 0 spiro atoms. The van der Waals surface area contributed by atoms with Crippen molar-refractivity contribution in [1.82, 2.24) is 14.3 Å². The number of nitrogens with zero attached hydrogens (tertiary/aromatic N) is 2. The van der Waals surface area contributed by atoms with Gasteiger partial charge >= 0.3 is 6.18 Å². The Balaban J connectivity index is 1.43. The van der Waals surface area contributed by atoms with Gasteiger partial charge in [0.05, 0.1) is 16.2 Å². The number of hydrogen-bond donors (Lipinski definition) is 2. The molecule has 1 aliphatic carbocycles. The number of rotatable bonds is 4. The van der Waals surface area contributed by atoms with E-state index in [1.54, 1.807) is 0 Å². The number of aromatic amines is 1. The number of nitrogens with one attached hydrogen (secondary N) is 2. The molecule has 0 atom stereocenters. The largest absolute Gasteiger partial charge is 0.416 e. The number of benzene rings is 1. The van der Waals surface area contributed by atoms with Crippen LogP contribution < -0.4 is 10.9 Å². The van der Waals surface area contributed by atoms with Crippen LogP contribution in [-0.4, -0.2) is 41.8 Å². The van der Waals surface area contributed by atoms with Crippen molar-refractivity contribution >= 4 is 16.0 Å². The summed E-state index contributed by atoms with van der Waals surface area (Å²) in [4.78, 5) is 19.2. The number of fused-ring (bicyclic) bond motifs is 1. The van der Waals surface area contributed by atoms with Gasteiger partial charge in [0.15, 0.2) is 0 Å². The molecule has 0 radical (unpaired) electrons. The van der Waals surface area contributed by atoms with E-state index in [2.05, 4.69) is 15.3 Å². The molecule has 1 aromatic heterocycles. The maximum atomic E-state index is 12.9. The number of alkyl halides is 3. The fourth-order valence-corrected chi connectivity index (χ4v) is 5.60. The molecule has 31 heavy (non-hydrogen) atoms. The molecule has 1 aliphatic heterocycles. The lowest BCUT2D eigenvalue weighted by Crippen LogP contribution is -2.42. The Labute approximate surface area is 177 Å². The monoisotopic (exact) mass is 456 g/mol. The first-order chi connectivity index (χ1) is 14.6. The number of H-pyrrole nitrogens is 1. The molecule has 4 rings (SSSR count). The van der Waals surface area contributed by atoms with Gasteiger partial charge in [-0.25, -0.2) is 13.4 Å². The molecule has 0 bridgehead atoms. The van der Waals surface area contributed by atoms with Gasteiger partial charge in [0, 0.05) is 24.7 Å². The van der Waals surface area contributed by atoms with Crippen molar-refractivity contribution in [2.45, 2.75) is 55.6 Å². The van der Waals surface area contributed by atoms with Crippen molar-refractivity contribution in [3.8, 4) is 0 Å². The summed E-state index contributed by atoms with van der Waals surface area (Å²) in [5.74, 6) is 0.379. The van der Waals surface area contributed by atoms with Gasteiger partial charge in [-0.3, -0.25) is 9.78 Å². The summed E-state index contributed by atoms with van der Waals surface area (Å²) >= 11 is 0. The average molecular weight is 456 g/mol. The van der Waals surface area contributed by atoms with E-state index in [1.165, 1.54) is 10.4 Å². The molecule has 1 saturated heterocycles. The van der Waals surface area contributed by atoms with Crippen LogP contribution in [0.2, 0.25) is 0 Å². The molecular weight excluding hydrogens is 433 g/mol. The SMILES string of the molecule is O=c1[nH]c(NC2CCN(S(=O)(=O)c3cccc(C(F)(F)F)c3)CC2)nc2c1CCCC2. The fourth-order valence-electron chi connectivity index (χ4n) is 4.09. The molecule has 7 nitrogen and oxygen atoms in total. The van der Waals surface area contributed by atoms with E-state index in [0.717, 1.165) is 49.1 Å². The van der Waals surface area contributed by atoms with Crippen molar-refractivity contribution in [3.63, 3.8) is 0 Å². The lowest BCUT2D eigenvalue weighted by atomic mass is 9.97. The Morgan fingerprint density at radius 2 is 1.84 bits per heavy atom. The molecule has 0 unspecified atom stereocenters. The molecular formula is C20H23F3N4O3S. The highest BCUT2D eigenvalue weighted by Crippen LogP contribution is 2.31. The second-order valence-corrected chi connectivity index (χ2v) is 9.83. The third-order valence-corrected chi connectivity index (χ3v) is 7.68. The van der Waals surface area contributed by atoms with Gasteiger partial charge in [-0.05, 0) is 56.7 Å². The summed E-state index contributed by atoms with van der Waals surface area (Å²) < 4.78 is 65.7. The summed E-state index contributed by atoms with van der Waals surface area (Å²) in [5, 5.41) is 3.18. The lowest BCUT2D eigenvalue weighted by Gasteiger charge is -2.32. The highest BCUT2D eigenvalue weighted by atomic mass is 32.2. The van der Waals surface area contributed by atoms with Crippen molar-refractivity contribution in [2.24, 2.45) is 0 Å². The highest BCUT2D eigenvalue weighted by molar-refractivity contribution is 7.89. The third-order valence-electron chi connectivity index (χ3n) is 5.79. The summed E-state index contributed by atoms with van der Waals surface area (Å²) in [7, 11) is -4.03. The number of aromatic nitrogens is 2. The Morgan fingerprint density at radius 3 is 2.55 bits per heavy atom. The van der Waals surface area contributed by atoms with E-state index in [-0.39, 0.29) is 29.6 Å². The lowest BCUT2D eigenvalue weighted by molar-refractivity contribution is -0.137. The smallest absolute Gasteiger partial charge is 0.353 e. The first-order valence-electron chi connectivity index (χ1n) is 10.2. The fraction of sp³-hybridized carbons (Fsp3) is 0.500. The maximum Gasteiger partial charge on any atom is 0.416 e. The molecule has 2 N–H and O–H groups in total. The molecule has 11 heteroatoms. The third kappa shape index (κ3) is 4.62. The molecule has 1 aromatic carbocycles. The van der Waals surface area contributed by atoms with Crippen LogP contribution in [0.4, 0.5) is 19.1 Å². The Bertz CT molecular complexity index is 1120. The predicted molar refractivity (Wildman–Crippen MR) is 108 cm³/mol. The summed E-state index contributed by atoms with van der Waals surface area (Å²) in [5.41, 5.74) is 0.408. The van der Waals surface area contributed by atoms with Crippen molar-refractivity contribution in [2.75, 3.05) is 18.4 Å². The maximum absolute atomic E-state index is 12.9. The molecule has 0 amide bonds. The Hall–Kier alpha value is -2.40. The number of anilines is 1. The highest BCUT2D eigenvalue weighted by Gasteiger charge is 2.34. The number of sulfonamides is 1. The number of hydrogen-bond acceptors (Lipinski definition) is 5. The molecule has 1 fully saturated rings. The molecule has 2 heterocycles.